The Hall–Kier alpha value is -1.52. The summed E-state index contributed by atoms with van der Waals surface area (Å²) in [4.78, 5) is 21.9. The molecule has 0 saturated heterocycles. The zero-order valence-corrected chi connectivity index (χ0v) is 9.62. The molecule has 0 rings (SSSR count). The highest BCUT2D eigenvalue weighted by atomic mass is 16.7. The fourth-order valence-corrected chi connectivity index (χ4v) is 0.657. The maximum absolute atomic E-state index is 11.1. The van der Waals surface area contributed by atoms with Crippen LogP contribution in [0, 0.1) is 0 Å². The lowest BCUT2D eigenvalue weighted by Gasteiger charge is -2.18. The number of esters is 1. The van der Waals surface area contributed by atoms with E-state index in [9.17, 15) is 9.59 Å². The van der Waals surface area contributed by atoms with Gasteiger partial charge in [0.05, 0.1) is 13.2 Å². The van der Waals surface area contributed by atoms with Crippen LogP contribution in [0.15, 0.2) is 11.8 Å². The van der Waals surface area contributed by atoms with Crippen molar-refractivity contribution in [3.63, 3.8) is 0 Å². The van der Waals surface area contributed by atoms with Gasteiger partial charge in [-0.1, -0.05) is 0 Å². The van der Waals surface area contributed by atoms with Gasteiger partial charge in [-0.25, -0.2) is 9.59 Å². The number of carbonyl (C=O) groups excluding carboxylic acids is 2. The zero-order chi connectivity index (χ0) is 12.1. The number of ether oxygens (including phenoxy) is 3. The van der Waals surface area contributed by atoms with Gasteiger partial charge in [0.15, 0.2) is 0 Å². The maximum atomic E-state index is 11.1. The molecule has 0 aromatic carbocycles. The van der Waals surface area contributed by atoms with E-state index in [-0.39, 0.29) is 5.76 Å². The number of rotatable bonds is 2. The molecule has 0 fully saturated rings. The molecule has 0 bridgehead atoms. The third-order valence-corrected chi connectivity index (χ3v) is 1.16. The first kappa shape index (κ1) is 13.5. The van der Waals surface area contributed by atoms with E-state index in [1.807, 2.05) is 0 Å². The third-order valence-electron chi connectivity index (χ3n) is 1.16. The third kappa shape index (κ3) is 7.54. The molecule has 0 aromatic heterocycles. The van der Waals surface area contributed by atoms with Gasteiger partial charge in [0.1, 0.15) is 11.4 Å². The number of hydrogen-bond donors (Lipinski definition) is 0. The summed E-state index contributed by atoms with van der Waals surface area (Å²) in [5.74, 6) is -0.466. The van der Waals surface area contributed by atoms with E-state index >= 15 is 0 Å². The molecule has 0 aliphatic rings. The van der Waals surface area contributed by atoms with Crippen LogP contribution in [0.4, 0.5) is 4.79 Å². The van der Waals surface area contributed by atoms with Crippen LogP contribution >= 0.6 is 0 Å². The predicted molar refractivity (Wildman–Crippen MR) is 53.1 cm³/mol. The molecule has 0 spiro atoms. The van der Waals surface area contributed by atoms with E-state index in [2.05, 4.69) is 4.74 Å². The molecule has 0 aliphatic carbocycles. The summed E-state index contributed by atoms with van der Waals surface area (Å²) in [6, 6.07) is 0. The van der Waals surface area contributed by atoms with Crippen LogP contribution in [0.2, 0.25) is 0 Å². The molecule has 0 amide bonds. The Labute approximate surface area is 89.0 Å². The van der Waals surface area contributed by atoms with Gasteiger partial charge in [-0.3, -0.25) is 0 Å². The molecule has 86 valence electrons. The summed E-state index contributed by atoms with van der Waals surface area (Å²) in [6.07, 6.45) is 0.212. The normalized spacial score (nSPS) is 11.9. The van der Waals surface area contributed by atoms with Crippen LogP contribution in [0.5, 0.6) is 0 Å². The maximum Gasteiger partial charge on any atom is 0.514 e. The van der Waals surface area contributed by atoms with Crippen LogP contribution < -0.4 is 0 Å². The average molecular weight is 216 g/mol. The molecule has 0 aromatic rings. The Morgan fingerprint density at radius 1 is 1.20 bits per heavy atom. The largest absolute Gasteiger partial charge is 0.514 e. The number of hydrogen-bond acceptors (Lipinski definition) is 5. The standard InChI is InChI=1S/C10H16O5/c1-7(6-8(11)13-5)14-9(12)15-10(2,3)4/h6H,1-5H3. The van der Waals surface area contributed by atoms with Gasteiger partial charge in [0.25, 0.3) is 0 Å². The van der Waals surface area contributed by atoms with Crippen molar-refractivity contribution in [1.29, 1.82) is 0 Å². The number of methoxy groups -OCH3 is 1. The van der Waals surface area contributed by atoms with E-state index in [0.29, 0.717) is 0 Å². The molecule has 0 heterocycles. The molecule has 5 heteroatoms. The lowest BCUT2D eigenvalue weighted by atomic mass is 10.2. The highest BCUT2D eigenvalue weighted by molar-refractivity contribution is 5.82. The Morgan fingerprint density at radius 2 is 1.73 bits per heavy atom. The molecule has 0 aliphatic heterocycles. The van der Waals surface area contributed by atoms with Crippen LogP contribution in [0.1, 0.15) is 27.7 Å². The first-order valence-electron chi connectivity index (χ1n) is 4.41. The monoisotopic (exact) mass is 216 g/mol. The van der Waals surface area contributed by atoms with Crippen LogP contribution in [0.25, 0.3) is 0 Å². The van der Waals surface area contributed by atoms with Crippen molar-refractivity contribution in [2.75, 3.05) is 7.11 Å². The quantitative estimate of drug-likeness (QED) is 0.401. The van der Waals surface area contributed by atoms with Gasteiger partial charge in [-0.15, -0.1) is 0 Å². The molecule has 0 atom stereocenters. The summed E-state index contributed by atoms with van der Waals surface area (Å²) in [6.45, 7) is 6.61. The second kappa shape index (κ2) is 5.38. The average Bonchev–Trinajstić information content (AvgIpc) is 1.99. The lowest BCUT2D eigenvalue weighted by Crippen LogP contribution is -2.24. The summed E-state index contributed by atoms with van der Waals surface area (Å²) in [5.41, 5.74) is -0.622. The van der Waals surface area contributed by atoms with Crippen molar-refractivity contribution in [1.82, 2.24) is 0 Å². The number of allylic oxidation sites excluding steroid dienone is 1. The molecule has 15 heavy (non-hydrogen) atoms. The summed E-state index contributed by atoms with van der Waals surface area (Å²) in [7, 11) is 1.24. The summed E-state index contributed by atoms with van der Waals surface area (Å²) in [5, 5.41) is 0. The smallest absolute Gasteiger partial charge is 0.466 e. The van der Waals surface area contributed by atoms with Gasteiger partial charge in [0.2, 0.25) is 0 Å². The second-order valence-electron chi connectivity index (χ2n) is 3.84. The van der Waals surface area contributed by atoms with Crippen molar-refractivity contribution in [3.05, 3.63) is 11.8 Å². The van der Waals surface area contributed by atoms with Gasteiger partial charge in [-0.2, -0.15) is 0 Å². The Morgan fingerprint density at radius 3 is 2.13 bits per heavy atom. The second-order valence-corrected chi connectivity index (χ2v) is 3.84. The van der Waals surface area contributed by atoms with Gasteiger partial charge in [-0.05, 0) is 27.7 Å². The Kier molecular flexibility index (Phi) is 4.84. The first-order valence-corrected chi connectivity index (χ1v) is 4.41. The minimum Gasteiger partial charge on any atom is -0.466 e. The summed E-state index contributed by atoms with van der Waals surface area (Å²) >= 11 is 0. The molecule has 0 unspecified atom stereocenters. The molecule has 0 N–H and O–H groups in total. The van der Waals surface area contributed by atoms with Crippen molar-refractivity contribution in [2.45, 2.75) is 33.3 Å². The van der Waals surface area contributed by atoms with Gasteiger partial charge < -0.3 is 14.2 Å². The molecule has 0 saturated carbocycles. The van der Waals surface area contributed by atoms with Crippen molar-refractivity contribution < 1.29 is 23.8 Å². The minimum absolute atomic E-state index is 0.121. The molecular weight excluding hydrogens is 200 g/mol. The van der Waals surface area contributed by atoms with E-state index in [4.69, 9.17) is 9.47 Å². The topological polar surface area (TPSA) is 61.8 Å². The van der Waals surface area contributed by atoms with E-state index in [0.717, 1.165) is 6.08 Å². The SMILES string of the molecule is COC(=O)C=C(C)OC(=O)OC(C)(C)C. The Balaban J connectivity index is 4.19. The van der Waals surface area contributed by atoms with Gasteiger partial charge >= 0.3 is 12.1 Å². The fourth-order valence-electron chi connectivity index (χ4n) is 0.657. The van der Waals surface area contributed by atoms with Crippen LogP contribution in [-0.2, 0) is 19.0 Å². The lowest BCUT2D eigenvalue weighted by molar-refractivity contribution is -0.135. The van der Waals surface area contributed by atoms with Gasteiger partial charge in [0, 0.05) is 0 Å². The number of carbonyl (C=O) groups is 2. The van der Waals surface area contributed by atoms with E-state index < -0.39 is 17.7 Å². The molecule has 0 radical (unpaired) electrons. The zero-order valence-electron chi connectivity index (χ0n) is 9.62. The predicted octanol–water partition coefficient (Wildman–Crippen LogP) is 2.01. The van der Waals surface area contributed by atoms with Crippen molar-refractivity contribution in [2.24, 2.45) is 0 Å². The minimum atomic E-state index is -0.847. The Bertz CT molecular complexity index is 272. The molecule has 5 nitrogen and oxygen atoms in total. The van der Waals surface area contributed by atoms with Crippen molar-refractivity contribution >= 4 is 12.1 Å². The fraction of sp³-hybridized carbons (Fsp3) is 0.600. The highest BCUT2D eigenvalue weighted by Gasteiger charge is 2.18. The van der Waals surface area contributed by atoms with E-state index in [1.54, 1.807) is 20.8 Å². The summed E-state index contributed by atoms with van der Waals surface area (Å²) < 4.78 is 13.9. The van der Waals surface area contributed by atoms with Crippen LogP contribution in [-0.4, -0.2) is 24.8 Å². The molecular formula is C10H16O5. The van der Waals surface area contributed by atoms with Crippen molar-refractivity contribution in [3.8, 4) is 0 Å². The van der Waals surface area contributed by atoms with E-state index in [1.165, 1.54) is 14.0 Å². The first-order chi connectivity index (χ1) is 6.74. The van der Waals surface area contributed by atoms with Crippen LogP contribution in [0.3, 0.4) is 0 Å². The highest BCUT2D eigenvalue weighted by Crippen LogP contribution is 2.10.